The van der Waals surface area contributed by atoms with Gasteiger partial charge in [0.1, 0.15) is 24.0 Å². The number of nitrogens with zero attached hydrogens (tertiary/aromatic N) is 1. The molecule has 108 valence electrons. The Kier molecular flexibility index (Phi) is 3.60. The third-order valence-electron chi connectivity index (χ3n) is 3.46. The maximum Gasteiger partial charge on any atom is 0.132 e. The van der Waals surface area contributed by atoms with Crippen LogP contribution in [-0.2, 0) is 13.2 Å². The van der Waals surface area contributed by atoms with Gasteiger partial charge < -0.3 is 9.30 Å². The molecule has 4 heteroatoms. The summed E-state index contributed by atoms with van der Waals surface area (Å²) in [5, 5.41) is 0.566. The van der Waals surface area contributed by atoms with E-state index in [0.29, 0.717) is 11.1 Å². The minimum Gasteiger partial charge on any atom is -0.489 e. The quantitative estimate of drug-likeness (QED) is 0.688. The van der Waals surface area contributed by atoms with Gasteiger partial charge in [0.25, 0.3) is 0 Å². The van der Waals surface area contributed by atoms with Crippen molar-refractivity contribution < 1.29 is 13.5 Å². The summed E-state index contributed by atoms with van der Waals surface area (Å²) in [5.74, 6) is -0.184. The van der Waals surface area contributed by atoms with Crippen molar-refractivity contribution in [2.45, 2.75) is 20.1 Å². The lowest BCUT2D eigenvalue weighted by Crippen LogP contribution is -1.96. The number of hydrogen-bond donors (Lipinski definition) is 0. The first-order valence-electron chi connectivity index (χ1n) is 6.83. The van der Waals surface area contributed by atoms with Crippen molar-refractivity contribution in [2.24, 2.45) is 0 Å². The second kappa shape index (κ2) is 5.56. The molecule has 0 atom stereocenters. The second-order valence-corrected chi connectivity index (χ2v) is 4.82. The largest absolute Gasteiger partial charge is 0.489 e. The number of aromatic nitrogens is 1. The number of hydrogen-bond acceptors (Lipinski definition) is 1. The molecule has 0 aliphatic rings. The summed E-state index contributed by atoms with van der Waals surface area (Å²) in [4.78, 5) is 0. The van der Waals surface area contributed by atoms with E-state index in [0.717, 1.165) is 17.6 Å². The Morgan fingerprint density at radius 2 is 1.90 bits per heavy atom. The van der Waals surface area contributed by atoms with Gasteiger partial charge in [-0.1, -0.05) is 12.1 Å². The Morgan fingerprint density at radius 3 is 2.67 bits per heavy atom. The molecule has 0 fully saturated rings. The van der Waals surface area contributed by atoms with Crippen LogP contribution in [0.2, 0.25) is 0 Å². The van der Waals surface area contributed by atoms with Gasteiger partial charge in [-0.15, -0.1) is 0 Å². The first-order valence-corrected chi connectivity index (χ1v) is 6.83. The predicted octanol–water partition coefficient (Wildman–Crippen LogP) is 4.52. The number of rotatable bonds is 4. The molecule has 3 aromatic rings. The fourth-order valence-electron chi connectivity index (χ4n) is 2.48. The minimum atomic E-state index is -0.352. The van der Waals surface area contributed by atoms with Crippen LogP contribution in [-0.4, -0.2) is 4.57 Å². The van der Waals surface area contributed by atoms with Gasteiger partial charge in [-0.25, -0.2) is 8.78 Å². The topological polar surface area (TPSA) is 14.2 Å². The Morgan fingerprint density at radius 1 is 1.10 bits per heavy atom. The van der Waals surface area contributed by atoms with E-state index in [1.54, 1.807) is 18.2 Å². The summed E-state index contributed by atoms with van der Waals surface area (Å²) in [7, 11) is 0. The molecular weight excluding hydrogens is 272 g/mol. The average molecular weight is 287 g/mol. The van der Waals surface area contributed by atoms with Gasteiger partial charge in [-0.2, -0.15) is 0 Å². The number of benzene rings is 2. The molecule has 3 rings (SSSR count). The number of halogens is 2. The summed E-state index contributed by atoms with van der Waals surface area (Å²) >= 11 is 0. The van der Waals surface area contributed by atoms with E-state index in [4.69, 9.17) is 4.74 Å². The fraction of sp³-hybridized carbons (Fsp3) is 0.176. The fourth-order valence-corrected chi connectivity index (χ4v) is 2.48. The van der Waals surface area contributed by atoms with Crippen molar-refractivity contribution in [3.63, 3.8) is 0 Å². The molecule has 0 aliphatic carbocycles. The molecule has 1 heterocycles. The maximum absolute atomic E-state index is 14.1. The van der Waals surface area contributed by atoms with E-state index < -0.39 is 0 Å². The number of aryl methyl sites for hydroxylation is 1. The van der Waals surface area contributed by atoms with Crippen molar-refractivity contribution in [2.75, 3.05) is 0 Å². The SMILES string of the molecule is CCn1cc(COc2cccc(F)c2)c2c(F)cccc21. The van der Waals surface area contributed by atoms with Gasteiger partial charge in [-0.05, 0) is 31.2 Å². The highest BCUT2D eigenvalue weighted by Gasteiger charge is 2.12. The van der Waals surface area contributed by atoms with Crippen LogP contribution in [0.3, 0.4) is 0 Å². The minimum absolute atomic E-state index is 0.202. The van der Waals surface area contributed by atoms with Crippen LogP contribution in [0, 0.1) is 11.6 Å². The first-order chi connectivity index (χ1) is 10.2. The van der Waals surface area contributed by atoms with Crippen molar-refractivity contribution in [3.05, 3.63) is 65.9 Å². The molecule has 0 amide bonds. The molecule has 1 aromatic heterocycles. The standard InChI is InChI=1S/C17H15F2NO/c1-2-20-10-12(17-15(19)7-4-8-16(17)20)11-21-14-6-3-5-13(18)9-14/h3-10H,2,11H2,1H3. The van der Waals surface area contributed by atoms with Crippen LogP contribution in [0.5, 0.6) is 5.75 Å². The van der Waals surface area contributed by atoms with E-state index >= 15 is 0 Å². The Bertz CT molecular complexity index is 780. The van der Waals surface area contributed by atoms with E-state index in [2.05, 4.69) is 0 Å². The Labute approximate surface area is 121 Å². The molecule has 0 bridgehead atoms. The monoisotopic (exact) mass is 287 g/mol. The molecule has 0 radical (unpaired) electrons. The van der Waals surface area contributed by atoms with Crippen molar-refractivity contribution >= 4 is 10.9 Å². The van der Waals surface area contributed by atoms with Gasteiger partial charge in [0.2, 0.25) is 0 Å². The molecule has 0 spiro atoms. The molecule has 0 saturated heterocycles. The lowest BCUT2D eigenvalue weighted by atomic mass is 10.2. The zero-order chi connectivity index (χ0) is 14.8. The van der Waals surface area contributed by atoms with E-state index in [1.807, 2.05) is 23.8 Å². The number of ether oxygens (including phenoxy) is 1. The van der Waals surface area contributed by atoms with E-state index in [-0.39, 0.29) is 18.2 Å². The van der Waals surface area contributed by atoms with Crippen LogP contribution in [0.1, 0.15) is 12.5 Å². The molecule has 0 unspecified atom stereocenters. The Balaban J connectivity index is 1.94. The second-order valence-electron chi connectivity index (χ2n) is 4.82. The molecule has 0 saturated carbocycles. The summed E-state index contributed by atoms with van der Waals surface area (Å²) in [5.41, 5.74) is 1.60. The summed E-state index contributed by atoms with van der Waals surface area (Å²) in [6.07, 6.45) is 1.88. The molecule has 21 heavy (non-hydrogen) atoms. The first kappa shape index (κ1) is 13.6. The molecule has 2 nitrogen and oxygen atoms in total. The van der Waals surface area contributed by atoms with Gasteiger partial charge in [0, 0.05) is 29.8 Å². The summed E-state index contributed by atoms with van der Waals surface area (Å²) in [6, 6.07) is 11.0. The molecule has 2 aromatic carbocycles. The van der Waals surface area contributed by atoms with Crippen molar-refractivity contribution in [1.82, 2.24) is 4.57 Å². The zero-order valence-electron chi connectivity index (χ0n) is 11.6. The summed E-state index contributed by atoms with van der Waals surface area (Å²) < 4.78 is 34.7. The summed E-state index contributed by atoms with van der Waals surface area (Å²) in [6.45, 7) is 2.95. The van der Waals surface area contributed by atoms with Crippen molar-refractivity contribution in [1.29, 1.82) is 0 Å². The van der Waals surface area contributed by atoms with Crippen LogP contribution >= 0.6 is 0 Å². The van der Waals surface area contributed by atoms with Crippen LogP contribution in [0.25, 0.3) is 10.9 Å². The normalized spacial score (nSPS) is 11.0. The predicted molar refractivity (Wildman–Crippen MR) is 78.3 cm³/mol. The Hall–Kier alpha value is -2.36. The third kappa shape index (κ3) is 2.61. The highest BCUT2D eigenvalue weighted by atomic mass is 19.1. The third-order valence-corrected chi connectivity index (χ3v) is 3.46. The van der Waals surface area contributed by atoms with Gasteiger partial charge in [0.15, 0.2) is 0 Å². The van der Waals surface area contributed by atoms with Gasteiger partial charge >= 0.3 is 0 Å². The lowest BCUT2D eigenvalue weighted by molar-refractivity contribution is 0.305. The van der Waals surface area contributed by atoms with Gasteiger partial charge in [-0.3, -0.25) is 0 Å². The average Bonchev–Trinajstić information content (AvgIpc) is 2.85. The van der Waals surface area contributed by atoms with E-state index in [9.17, 15) is 8.78 Å². The number of fused-ring (bicyclic) bond motifs is 1. The van der Waals surface area contributed by atoms with Crippen LogP contribution in [0.4, 0.5) is 8.78 Å². The molecule has 0 aliphatic heterocycles. The highest BCUT2D eigenvalue weighted by molar-refractivity contribution is 5.84. The maximum atomic E-state index is 14.1. The zero-order valence-corrected chi connectivity index (χ0v) is 11.6. The highest BCUT2D eigenvalue weighted by Crippen LogP contribution is 2.26. The lowest BCUT2D eigenvalue weighted by Gasteiger charge is -2.05. The smallest absolute Gasteiger partial charge is 0.132 e. The van der Waals surface area contributed by atoms with Crippen LogP contribution < -0.4 is 4.74 Å². The van der Waals surface area contributed by atoms with E-state index in [1.165, 1.54) is 18.2 Å². The molecule has 0 N–H and O–H groups in total. The molecular formula is C17H15F2NO. The van der Waals surface area contributed by atoms with Gasteiger partial charge in [0.05, 0.1) is 5.52 Å². The van der Waals surface area contributed by atoms with Crippen molar-refractivity contribution in [3.8, 4) is 5.75 Å². The van der Waals surface area contributed by atoms with Crippen LogP contribution in [0.15, 0.2) is 48.7 Å².